The van der Waals surface area contributed by atoms with Gasteiger partial charge in [0.1, 0.15) is 0 Å². The van der Waals surface area contributed by atoms with Gasteiger partial charge in [-0.2, -0.15) is 0 Å². The molecule has 25 heavy (non-hydrogen) atoms. The second-order valence-corrected chi connectivity index (χ2v) is 6.78. The number of hydrogen-bond donors (Lipinski definition) is 1. The Hall–Kier alpha value is -2.42. The van der Waals surface area contributed by atoms with Crippen molar-refractivity contribution in [2.45, 2.75) is 24.6 Å². The summed E-state index contributed by atoms with van der Waals surface area (Å²) in [5, 5.41) is 11.1. The van der Waals surface area contributed by atoms with Crippen molar-refractivity contribution in [3.05, 3.63) is 108 Å². The lowest BCUT2D eigenvalue weighted by Crippen LogP contribution is -2.56. The molecule has 0 aliphatic carbocycles. The maximum absolute atomic E-state index is 11.1. The highest BCUT2D eigenvalue weighted by Crippen LogP contribution is 2.42. The zero-order valence-electron chi connectivity index (χ0n) is 14.2. The van der Waals surface area contributed by atoms with Crippen LogP contribution in [0.4, 0.5) is 0 Å². The standard InChI is InChI=1S/C23H23NO/c25-23(20-14-8-3-9-15-20)22-21(19-12-6-2-7-13-19)17-24(22)16-18-10-4-1-5-11-18/h1-15,21-23,25H,16-17H2/t21-,22+,23+/m0/s1. The van der Waals surface area contributed by atoms with Crippen LogP contribution in [0.15, 0.2) is 91.0 Å². The summed E-state index contributed by atoms with van der Waals surface area (Å²) >= 11 is 0. The maximum Gasteiger partial charge on any atom is 0.0951 e. The van der Waals surface area contributed by atoms with Gasteiger partial charge >= 0.3 is 0 Å². The summed E-state index contributed by atoms with van der Waals surface area (Å²) in [5.74, 6) is 0.361. The molecule has 1 aliphatic rings. The first kappa shape index (κ1) is 16.1. The molecule has 0 saturated carbocycles. The number of likely N-dealkylation sites (tertiary alicyclic amines) is 1. The second kappa shape index (κ2) is 7.22. The van der Waals surface area contributed by atoms with Crippen molar-refractivity contribution in [2.24, 2.45) is 0 Å². The molecule has 3 atom stereocenters. The molecule has 1 fully saturated rings. The summed E-state index contributed by atoms with van der Waals surface area (Å²) in [6, 6.07) is 31.2. The third-order valence-electron chi connectivity index (χ3n) is 5.19. The van der Waals surface area contributed by atoms with E-state index in [1.807, 2.05) is 42.5 Å². The van der Waals surface area contributed by atoms with Crippen molar-refractivity contribution < 1.29 is 5.11 Å². The Morgan fingerprint density at radius 1 is 0.800 bits per heavy atom. The van der Waals surface area contributed by atoms with Crippen LogP contribution in [-0.2, 0) is 6.54 Å². The van der Waals surface area contributed by atoms with Gasteiger partial charge in [0, 0.05) is 25.0 Å². The molecule has 1 saturated heterocycles. The SMILES string of the molecule is O[C@H](c1ccccc1)[C@H]1[C@H](c2ccccc2)CN1Cc1ccccc1. The number of benzene rings is 3. The van der Waals surface area contributed by atoms with E-state index in [2.05, 4.69) is 53.4 Å². The van der Waals surface area contributed by atoms with E-state index in [0.29, 0.717) is 5.92 Å². The summed E-state index contributed by atoms with van der Waals surface area (Å²) < 4.78 is 0. The van der Waals surface area contributed by atoms with Crippen LogP contribution in [0.5, 0.6) is 0 Å². The first-order chi connectivity index (χ1) is 12.3. The van der Waals surface area contributed by atoms with Crippen molar-refractivity contribution in [1.29, 1.82) is 0 Å². The van der Waals surface area contributed by atoms with E-state index in [9.17, 15) is 5.11 Å². The predicted molar refractivity (Wildman–Crippen MR) is 101 cm³/mol. The highest BCUT2D eigenvalue weighted by molar-refractivity contribution is 5.30. The number of rotatable bonds is 5. The van der Waals surface area contributed by atoms with E-state index in [1.54, 1.807) is 0 Å². The lowest BCUT2D eigenvalue weighted by molar-refractivity contribution is -0.0416. The second-order valence-electron chi connectivity index (χ2n) is 6.78. The number of aliphatic hydroxyl groups is 1. The van der Waals surface area contributed by atoms with E-state index < -0.39 is 6.10 Å². The van der Waals surface area contributed by atoms with Crippen molar-refractivity contribution >= 4 is 0 Å². The molecule has 4 rings (SSSR count). The van der Waals surface area contributed by atoms with Gasteiger partial charge in [0.2, 0.25) is 0 Å². The minimum Gasteiger partial charge on any atom is -0.387 e. The van der Waals surface area contributed by atoms with Crippen LogP contribution in [-0.4, -0.2) is 22.6 Å². The molecule has 126 valence electrons. The normalized spacial score (nSPS) is 21.5. The average Bonchev–Trinajstić information content (AvgIpc) is 2.67. The van der Waals surface area contributed by atoms with Gasteiger partial charge in [0.25, 0.3) is 0 Å². The molecule has 0 aromatic heterocycles. The fourth-order valence-electron chi connectivity index (χ4n) is 3.86. The Balaban J connectivity index is 1.60. The average molecular weight is 329 g/mol. The zero-order valence-corrected chi connectivity index (χ0v) is 14.2. The third-order valence-corrected chi connectivity index (χ3v) is 5.19. The van der Waals surface area contributed by atoms with Crippen molar-refractivity contribution in [3.8, 4) is 0 Å². The largest absolute Gasteiger partial charge is 0.387 e. The van der Waals surface area contributed by atoms with Crippen LogP contribution >= 0.6 is 0 Å². The lowest BCUT2D eigenvalue weighted by Gasteiger charge is -2.51. The van der Waals surface area contributed by atoms with Crippen LogP contribution in [0.3, 0.4) is 0 Å². The van der Waals surface area contributed by atoms with Crippen molar-refractivity contribution in [2.75, 3.05) is 6.54 Å². The number of nitrogens with zero attached hydrogens (tertiary/aromatic N) is 1. The van der Waals surface area contributed by atoms with Crippen LogP contribution < -0.4 is 0 Å². The molecule has 1 heterocycles. The molecule has 1 aliphatic heterocycles. The topological polar surface area (TPSA) is 23.5 Å². The molecule has 2 heteroatoms. The predicted octanol–water partition coefficient (Wildman–Crippen LogP) is 4.39. The van der Waals surface area contributed by atoms with Gasteiger partial charge in [0.15, 0.2) is 0 Å². The Morgan fingerprint density at radius 2 is 1.36 bits per heavy atom. The fourth-order valence-corrected chi connectivity index (χ4v) is 3.86. The third kappa shape index (κ3) is 3.37. The molecule has 0 unspecified atom stereocenters. The first-order valence-corrected chi connectivity index (χ1v) is 8.89. The molecule has 3 aromatic carbocycles. The highest BCUT2D eigenvalue weighted by atomic mass is 16.3. The van der Waals surface area contributed by atoms with Crippen LogP contribution in [0.1, 0.15) is 28.7 Å². The summed E-state index contributed by atoms with van der Waals surface area (Å²) in [7, 11) is 0. The van der Waals surface area contributed by atoms with Crippen LogP contribution in [0.25, 0.3) is 0 Å². The van der Waals surface area contributed by atoms with Gasteiger partial charge in [0.05, 0.1) is 6.10 Å². The van der Waals surface area contributed by atoms with Gasteiger partial charge in [-0.1, -0.05) is 91.0 Å². The van der Waals surface area contributed by atoms with E-state index in [1.165, 1.54) is 11.1 Å². The molecular weight excluding hydrogens is 306 g/mol. The molecule has 0 bridgehead atoms. The van der Waals surface area contributed by atoms with Crippen LogP contribution in [0.2, 0.25) is 0 Å². The van der Waals surface area contributed by atoms with Gasteiger partial charge in [-0.05, 0) is 16.7 Å². The van der Waals surface area contributed by atoms with Gasteiger partial charge in [-0.25, -0.2) is 0 Å². The minimum absolute atomic E-state index is 0.102. The lowest BCUT2D eigenvalue weighted by atomic mass is 9.77. The molecule has 0 radical (unpaired) electrons. The number of aliphatic hydroxyl groups excluding tert-OH is 1. The highest BCUT2D eigenvalue weighted by Gasteiger charge is 2.44. The van der Waals surface area contributed by atoms with Gasteiger partial charge < -0.3 is 5.11 Å². The Bertz CT molecular complexity index is 747. The quantitative estimate of drug-likeness (QED) is 0.750. The molecule has 2 nitrogen and oxygen atoms in total. The Morgan fingerprint density at radius 3 is 2.00 bits per heavy atom. The molecular formula is C23H23NO. The van der Waals surface area contributed by atoms with Gasteiger partial charge in [-0.3, -0.25) is 4.90 Å². The molecule has 0 amide bonds. The molecule has 1 N–H and O–H groups in total. The van der Waals surface area contributed by atoms with Crippen molar-refractivity contribution in [1.82, 2.24) is 4.90 Å². The van der Waals surface area contributed by atoms with Gasteiger partial charge in [-0.15, -0.1) is 0 Å². The zero-order chi connectivity index (χ0) is 17.1. The molecule has 0 spiro atoms. The fraction of sp³-hybridized carbons (Fsp3) is 0.217. The van der Waals surface area contributed by atoms with Crippen molar-refractivity contribution in [3.63, 3.8) is 0 Å². The maximum atomic E-state index is 11.1. The smallest absolute Gasteiger partial charge is 0.0951 e. The Labute approximate surface area is 149 Å². The monoisotopic (exact) mass is 329 g/mol. The van der Waals surface area contributed by atoms with Crippen LogP contribution in [0, 0.1) is 0 Å². The minimum atomic E-state index is -0.483. The summed E-state index contributed by atoms with van der Waals surface area (Å²) in [5.41, 5.74) is 3.59. The summed E-state index contributed by atoms with van der Waals surface area (Å²) in [6.45, 7) is 1.85. The Kier molecular flexibility index (Phi) is 4.64. The summed E-state index contributed by atoms with van der Waals surface area (Å²) in [6.07, 6.45) is -0.483. The van der Waals surface area contributed by atoms with E-state index in [0.717, 1.165) is 18.7 Å². The van der Waals surface area contributed by atoms with E-state index in [-0.39, 0.29) is 6.04 Å². The summed E-state index contributed by atoms with van der Waals surface area (Å²) in [4.78, 5) is 2.39. The first-order valence-electron chi connectivity index (χ1n) is 8.89. The van der Waals surface area contributed by atoms with E-state index in [4.69, 9.17) is 0 Å². The molecule has 3 aromatic rings. The van der Waals surface area contributed by atoms with E-state index >= 15 is 0 Å². The number of hydrogen-bond acceptors (Lipinski definition) is 2.